The Kier molecular flexibility index (Phi) is 4.91. The normalized spacial score (nSPS) is 30.7. The molecule has 1 spiro atoms. The Balaban J connectivity index is 1.80. The highest BCUT2D eigenvalue weighted by molar-refractivity contribution is 9.10. The molecule has 3 rings (SSSR count). The van der Waals surface area contributed by atoms with Gasteiger partial charge in [-0.2, -0.15) is 0 Å². The lowest BCUT2D eigenvalue weighted by Gasteiger charge is -2.40. The van der Waals surface area contributed by atoms with E-state index in [0.717, 1.165) is 48.6 Å². The summed E-state index contributed by atoms with van der Waals surface area (Å²) in [6.07, 6.45) is 3.15. The van der Waals surface area contributed by atoms with E-state index in [-0.39, 0.29) is 5.60 Å². The molecule has 0 radical (unpaired) electrons. The van der Waals surface area contributed by atoms with Gasteiger partial charge in [0.1, 0.15) is 0 Å². The molecule has 3 nitrogen and oxygen atoms in total. The van der Waals surface area contributed by atoms with E-state index in [1.165, 1.54) is 5.56 Å². The van der Waals surface area contributed by atoms with Crippen LogP contribution in [0.3, 0.4) is 0 Å². The van der Waals surface area contributed by atoms with Crippen LogP contribution >= 0.6 is 27.5 Å². The molecular weight excluding hydrogens is 354 g/mol. The minimum absolute atomic E-state index is 0.0539. The Morgan fingerprint density at radius 2 is 2.29 bits per heavy atom. The second-order valence-electron chi connectivity index (χ2n) is 6.03. The van der Waals surface area contributed by atoms with Gasteiger partial charge in [-0.1, -0.05) is 17.7 Å². The largest absolute Gasteiger partial charge is 0.378 e. The van der Waals surface area contributed by atoms with Crippen molar-refractivity contribution in [1.29, 1.82) is 0 Å². The van der Waals surface area contributed by atoms with Crippen LogP contribution in [-0.4, -0.2) is 32.5 Å². The molecule has 0 amide bonds. The quantitative estimate of drug-likeness (QED) is 0.869. The Morgan fingerprint density at radius 3 is 2.95 bits per heavy atom. The SMILES string of the molecule is CNC(c1ccc(Cl)c(Br)c1)C1CCOC2(CCOC2)C1. The Labute approximate surface area is 139 Å². The number of hydrogen-bond acceptors (Lipinski definition) is 3. The molecule has 2 heterocycles. The molecule has 116 valence electrons. The van der Waals surface area contributed by atoms with Crippen LogP contribution in [0.5, 0.6) is 0 Å². The van der Waals surface area contributed by atoms with Crippen LogP contribution < -0.4 is 5.32 Å². The minimum Gasteiger partial charge on any atom is -0.378 e. The highest BCUT2D eigenvalue weighted by atomic mass is 79.9. The molecule has 2 aliphatic heterocycles. The third-order valence-corrected chi connectivity index (χ3v) is 5.90. The molecule has 3 atom stereocenters. The van der Waals surface area contributed by atoms with E-state index < -0.39 is 0 Å². The molecule has 21 heavy (non-hydrogen) atoms. The highest BCUT2D eigenvalue weighted by Crippen LogP contribution is 2.41. The van der Waals surface area contributed by atoms with Gasteiger partial charge in [0.05, 0.1) is 17.2 Å². The summed E-state index contributed by atoms with van der Waals surface area (Å²) in [5, 5.41) is 4.23. The number of halogens is 2. The van der Waals surface area contributed by atoms with Gasteiger partial charge in [0.2, 0.25) is 0 Å². The maximum atomic E-state index is 6.11. The van der Waals surface area contributed by atoms with Gasteiger partial charge in [-0.25, -0.2) is 0 Å². The van der Waals surface area contributed by atoms with Crippen molar-refractivity contribution < 1.29 is 9.47 Å². The summed E-state index contributed by atoms with van der Waals surface area (Å²) in [6, 6.07) is 6.51. The molecule has 2 saturated heterocycles. The van der Waals surface area contributed by atoms with Gasteiger partial charge in [0.25, 0.3) is 0 Å². The first-order valence-corrected chi connectivity index (χ1v) is 8.64. The van der Waals surface area contributed by atoms with E-state index in [0.29, 0.717) is 12.0 Å². The lowest BCUT2D eigenvalue weighted by Crippen LogP contribution is -2.43. The van der Waals surface area contributed by atoms with Gasteiger partial charge in [-0.05, 0) is 59.4 Å². The number of rotatable bonds is 3. The molecule has 2 fully saturated rings. The minimum atomic E-state index is -0.0539. The molecular formula is C16H21BrClNO2. The summed E-state index contributed by atoms with van der Waals surface area (Å²) in [7, 11) is 2.03. The van der Waals surface area contributed by atoms with Crippen molar-refractivity contribution in [3.63, 3.8) is 0 Å². The third kappa shape index (κ3) is 3.30. The van der Waals surface area contributed by atoms with Crippen LogP contribution in [0, 0.1) is 5.92 Å². The maximum absolute atomic E-state index is 6.11. The fourth-order valence-corrected chi connectivity index (χ4v) is 4.11. The molecule has 1 aromatic carbocycles. The lowest BCUT2D eigenvalue weighted by atomic mass is 9.79. The summed E-state index contributed by atoms with van der Waals surface area (Å²) in [5.74, 6) is 0.554. The van der Waals surface area contributed by atoms with Crippen LogP contribution in [0.4, 0.5) is 0 Å². The van der Waals surface area contributed by atoms with Gasteiger partial charge in [-0.3, -0.25) is 0 Å². The maximum Gasteiger partial charge on any atom is 0.0940 e. The first-order chi connectivity index (χ1) is 10.1. The van der Waals surface area contributed by atoms with Crippen molar-refractivity contribution in [2.24, 2.45) is 5.92 Å². The zero-order valence-electron chi connectivity index (χ0n) is 12.2. The van der Waals surface area contributed by atoms with Crippen molar-refractivity contribution in [3.8, 4) is 0 Å². The zero-order chi connectivity index (χ0) is 14.9. The molecule has 3 unspecified atom stereocenters. The molecule has 2 aliphatic rings. The van der Waals surface area contributed by atoms with Crippen LogP contribution in [-0.2, 0) is 9.47 Å². The summed E-state index contributed by atoms with van der Waals surface area (Å²) < 4.78 is 12.6. The standard InChI is InChI=1S/C16H21BrClNO2/c1-19-15(11-2-3-14(18)13(17)8-11)12-4-6-21-16(9-12)5-7-20-10-16/h2-3,8,12,15,19H,4-7,9-10H2,1H3. The number of hydrogen-bond donors (Lipinski definition) is 1. The van der Waals surface area contributed by atoms with Gasteiger partial charge in [0.15, 0.2) is 0 Å². The fraction of sp³-hybridized carbons (Fsp3) is 0.625. The monoisotopic (exact) mass is 373 g/mol. The summed E-state index contributed by atoms with van der Waals surface area (Å²) in [4.78, 5) is 0. The Bertz CT molecular complexity index is 505. The van der Waals surface area contributed by atoms with Gasteiger partial charge < -0.3 is 14.8 Å². The third-order valence-electron chi connectivity index (χ3n) is 4.68. The summed E-state index contributed by atoms with van der Waals surface area (Å²) in [5.41, 5.74) is 1.22. The first kappa shape index (κ1) is 15.8. The second kappa shape index (κ2) is 6.55. The lowest BCUT2D eigenvalue weighted by molar-refractivity contribution is -0.103. The van der Waals surface area contributed by atoms with E-state index >= 15 is 0 Å². The van der Waals surface area contributed by atoms with E-state index in [1.54, 1.807) is 0 Å². The van der Waals surface area contributed by atoms with E-state index in [4.69, 9.17) is 21.1 Å². The zero-order valence-corrected chi connectivity index (χ0v) is 14.5. The number of ether oxygens (including phenoxy) is 2. The van der Waals surface area contributed by atoms with Crippen molar-refractivity contribution in [2.75, 3.05) is 26.9 Å². The molecule has 0 aliphatic carbocycles. The van der Waals surface area contributed by atoms with Crippen molar-refractivity contribution >= 4 is 27.5 Å². The topological polar surface area (TPSA) is 30.5 Å². The van der Waals surface area contributed by atoms with Crippen molar-refractivity contribution in [3.05, 3.63) is 33.3 Å². The first-order valence-electron chi connectivity index (χ1n) is 7.47. The number of nitrogens with one attached hydrogen (secondary N) is 1. The smallest absolute Gasteiger partial charge is 0.0940 e. The van der Waals surface area contributed by atoms with Crippen LogP contribution in [0.25, 0.3) is 0 Å². The molecule has 1 aromatic rings. The van der Waals surface area contributed by atoms with Gasteiger partial charge >= 0.3 is 0 Å². The summed E-state index contributed by atoms with van der Waals surface area (Å²) in [6.45, 7) is 2.38. The van der Waals surface area contributed by atoms with Gasteiger partial charge in [-0.15, -0.1) is 0 Å². The molecule has 0 aromatic heterocycles. The van der Waals surface area contributed by atoms with Crippen molar-refractivity contribution in [2.45, 2.75) is 30.9 Å². The highest BCUT2D eigenvalue weighted by Gasteiger charge is 2.43. The average molecular weight is 375 g/mol. The molecule has 5 heteroatoms. The number of benzene rings is 1. The van der Waals surface area contributed by atoms with E-state index in [9.17, 15) is 0 Å². The predicted molar refractivity (Wildman–Crippen MR) is 87.8 cm³/mol. The average Bonchev–Trinajstić information content (AvgIpc) is 2.91. The van der Waals surface area contributed by atoms with Crippen LogP contribution in [0.1, 0.15) is 30.9 Å². The Morgan fingerprint density at radius 1 is 1.43 bits per heavy atom. The molecule has 0 bridgehead atoms. The fourth-order valence-electron chi connectivity index (χ4n) is 3.59. The van der Waals surface area contributed by atoms with Gasteiger partial charge in [0, 0.05) is 30.1 Å². The Hall–Kier alpha value is -0.130. The predicted octanol–water partition coefficient (Wildman–Crippen LogP) is 3.95. The van der Waals surface area contributed by atoms with E-state index in [2.05, 4.69) is 33.4 Å². The molecule has 1 N–H and O–H groups in total. The van der Waals surface area contributed by atoms with Crippen molar-refractivity contribution in [1.82, 2.24) is 5.32 Å². The molecule has 0 saturated carbocycles. The van der Waals surface area contributed by atoms with Crippen LogP contribution in [0.15, 0.2) is 22.7 Å². The van der Waals surface area contributed by atoms with E-state index in [1.807, 2.05) is 13.1 Å². The van der Waals surface area contributed by atoms with Crippen LogP contribution in [0.2, 0.25) is 5.02 Å². The second-order valence-corrected chi connectivity index (χ2v) is 7.29. The summed E-state index contributed by atoms with van der Waals surface area (Å²) >= 11 is 9.63.